The smallest absolute Gasteiger partial charge is 0.154 e. The maximum Gasteiger partial charge on any atom is 0.154 e. The second-order valence-corrected chi connectivity index (χ2v) is 6.56. The van der Waals surface area contributed by atoms with Gasteiger partial charge in [-0.15, -0.1) is 0 Å². The third-order valence-electron chi connectivity index (χ3n) is 5.24. The summed E-state index contributed by atoms with van der Waals surface area (Å²) in [4.78, 5) is 17.5. The van der Waals surface area contributed by atoms with Gasteiger partial charge in [-0.05, 0) is 44.0 Å². The van der Waals surface area contributed by atoms with Crippen LogP contribution in [0.5, 0.6) is 0 Å². The van der Waals surface area contributed by atoms with Crippen molar-refractivity contribution >= 4 is 22.6 Å². The number of rotatable bonds is 1. The molecule has 1 atom stereocenters. The number of furan rings is 1. The van der Waals surface area contributed by atoms with E-state index in [1.54, 1.807) is 12.5 Å². The van der Waals surface area contributed by atoms with Gasteiger partial charge in [-0.1, -0.05) is 0 Å². The van der Waals surface area contributed by atoms with Crippen LogP contribution in [0.2, 0.25) is 0 Å². The average molecular weight is 298 g/mol. The van der Waals surface area contributed by atoms with Crippen LogP contribution in [0, 0.1) is 5.92 Å². The van der Waals surface area contributed by atoms with E-state index in [4.69, 9.17) is 9.25 Å². The second kappa shape index (κ2) is 4.54. The topological polar surface area (TPSA) is 62.9 Å². The Balaban J connectivity index is 1.42. The van der Waals surface area contributed by atoms with Crippen LogP contribution >= 0.6 is 0 Å². The molecule has 0 aliphatic carbocycles. The number of aromatic nitrogens is 1. The molecule has 4 aliphatic rings. The van der Waals surface area contributed by atoms with E-state index in [2.05, 4.69) is 20.4 Å². The minimum atomic E-state index is -0.0882. The van der Waals surface area contributed by atoms with E-state index in [-0.39, 0.29) is 5.60 Å². The Bertz CT molecular complexity index is 747. The Hall–Kier alpha value is -1.92. The highest BCUT2D eigenvalue weighted by Gasteiger charge is 2.52. The van der Waals surface area contributed by atoms with Crippen LogP contribution in [-0.2, 0) is 4.84 Å². The van der Waals surface area contributed by atoms with Crippen molar-refractivity contribution in [2.24, 2.45) is 10.9 Å². The van der Waals surface area contributed by atoms with Crippen molar-refractivity contribution < 1.29 is 9.25 Å². The molecule has 2 aromatic heterocycles. The number of hydrogen-bond acceptors (Lipinski definition) is 5. The second-order valence-electron chi connectivity index (χ2n) is 6.56. The Morgan fingerprint density at radius 3 is 3.09 bits per heavy atom. The molecule has 114 valence electrons. The Kier molecular flexibility index (Phi) is 2.60. The third-order valence-corrected chi connectivity index (χ3v) is 5.24. The number of fused-ring (bicyclic) bond motifs is 3. The monoisotopic (exact) mass is 298 g/mol. The molecule has 6 heteroatoms. The maximum atomic E-state index is 6.00. The lowest BCUT2D eigenvalue weighted by Gasteiger charge is -2.49. The summed E-state index contributed by atoms with van der Waals surface area (Å²) in [6, 6.07) is 3.86. The highest BCUT2D eigenvalue weighted by molar-refractivity contribution is 5.87. The van der Waals surface area contributed by atoms with Gasteiger partial charge in [0, 0.05) is 18.4 Å². The van der Waals surface area contributed by atoms with Crippen molar-refractivity contribution in [3.8, 4) is 0 Å². The molecule has 4 fully saturated rings. The largest absolute Gasteiger partial charge is 0.463 e. The molecule has 0 amide bonds. The van der Waals surface area contributed by atoms with Crippen LogP contribution in [0.15, 0.2) is 34.0 Å². The van der Waals surface area contributed by atoms with Gasteiger partial charge in [0.2, 0.25) is 0 Å². The predicted molar refractivity (Wildman–Crippen MR) is 81.8 cm³/mol. The van der Waals surface area contributed by atoms with Gasteiger partial charge in [0.1, 0.15) is 11.4 Å². The lowest BCUT2D eigenvalue weighted by atomic mass is 9.74. The van der Waals surface area contributed by atoms with E-state index < -0.39 is 0 Å². The van der Waals surface area contributed by atoms with Crippen LogP contribution in [0.4, 0.5) is 5.82 Å². The highest BCUT2D eigenvalue weighted by Crippen LogP contribution is 2.42. The Labute approximate surface area is 128 Å². The molecule has 2 aromatic rings. The SMILES string of the molecule is c1cc2cc(N=C3CC4(CN5CCC4CC5)ON3)ncc2o1. The summed E-state index contributed by atoms with van der Waals surface area (Å²) < 4.78 is 5.31. The molecule has 6 nitrogen and oxygen atoms in total. The van der Waals surface area contributed by atoms with Gasteiger partial charge in [0.25, 0.3) is 0 Å². The number of nitrogens with one attached hydrogen (secondary N) is 1. The summed E-state index contributed by atoms with van der Waals surface area (Å²) >= 11 is 0. The molecule has 4 aliphatic heterocycles. The van der Waals surface area contributed by atoms with Crippen LogP contribution in [0.1, 0.15) is 19.3 Å². The van der Waals surface area contributed by atoms with Crippen molar-refractivity contribution in [1.82, 2.24) is 15.4 Å². The number of hydroxylamine groups is 1. The zero-order valence-corrected chi connectivity index (χ0v) is 12.3. The number of nitrogens with zero attached hydrogens (tertiary/aromatic N) is 3. The molecule has 1 spiro atoms. The van der Waals surface area contributed by atoms with Crippen LogP contribution in [0.3, 0.4) is 0 Å². The van der Waals surface area contributed by atoms with Crippen molar-refractivity contribution in [3.63, 3.8) is 0 Å². The van der Waals surface area contributed by atoms with E-state index in [1.165, 1.54) is 25.9 Å². The number of aliphatic imine (C=N–C) groups is 1. The zero-order valence-electron chi connectivity index (χ0n) is 12.3. The van der Waals surface area contributed by atoms with Crippen molar-refractivity contribution in [2.45, 2.75) is 24.9 Å². The summed E-state index contributed by atoms with van der Waals surface area (Å²) in [6.45, 7) is 3.43. The van der Waals surface area contributed by atoms with Crippen molar-refractivity contribution in [2.75, 3.05) is 19.6 Å². The molecule has 0 aromatic carbocycles. The summed E-state index contributed by atoms with van der Waals surface area (Å²) in [5.41, 5.74) is 3.75. The molecule has 0 saturated carbocycles. The van der Waals surface area contributed by atoms with E-state index in [0.29, 0.717) is 11.7 Å². The average Bonchev–Trinajstić information content (AvgIpc) is 3.16. The highest BCUT2D eigenvalue weighted by atomic mass is 16.7. The number of hydrogen-bond donors (Lipinski definition) is 1. The molecule has 1 N–H and O–H groups in total. The Morgan fingerprint density at radius 2 is 2.27 bits per heavy atom. The summed E-state index contributed by atoms with van der Waals surface area (Å²) in [7, 11) is 0. The maximum absolute atomic E-state index is 6.00. The summed E-state index contributed by atoms with van der Waals surface area (Å²) in [6.07, 6.45) is 6.69. The number of amidine groups is 1. The van der Waals surface area contributed by atoms with Gasteiger partial charge < -0.3 is 9.32 Å². The fraction of sp³-hybridized carbons (Fsp3) is 0.500. The number of piperidine rings is 3. The molecule has 4 saturated heterocycles. The zero-order chi connectivity index (χ0) is 14.6. The van der Waals surface area contributed by atoms with Crippen LogP contribution in [-0.4, -0.2) is 41.0 Å². The third kappa shape index (κ3) is 1.87. The molecule has 22 heavy (non-hydrogen) atoms. The van der Waals surface area contributed by atoms with Gasteiger partial charge in [-0.3, -0.25) is 10.3 Å². The number of pyridine rings is 1. The standard InChI is InChI=1S/C16H18N4O2/c1-4-20-5-2-12(1)16(10-20)8-15(19-22-16)18-14-7-11-3-6-21-13(11)9-17-14/h3,6-7,9,12H,1-2,4-5,8,10H2,(H,17,18,19). The van der Waals surface area contributed by atoms with Gasteiger partial charge in [-0.25, -0.2) is 9.98 Å². The normalized spacial score (nSPS) is 35.5. The molecular weight excluding hydrogens is 280 g/mol. The minimum Gasteiger partial charge on any atom is -0.463 e. The lowest BCUT2D eigenvalue weighted by Crippen LogP contribution is -2.59. The Morgan fingerprint density at radius 1 is 1.36 bits per heavy atom. The molecule has 6 rings (SSSR count). The van der Waals surface area contributed by atoms with Gasteiger partial charge in [0.05, 0.1) is 12.5 Å². The lowest BCUT2D eigenvalue weighted by molar-refractivity contribution is -0.150. The first-order valence-corrected chi connectivity index (χ1v) is 7.88. The molecule has 0 radical (unpaired) electrons. The van der Waals surface area contributed by atoms with Crippen molar-refractivity contribution in [1.29, 1.82) is 0 Å². The van der Waals surface area contributed by atoms with E-state index >= 15 is 0 Å². The minimum absolute atomic E-state index is 0.0882. The van der Waals surface area contributed by atoms with Crippen LogP contribution < -0.4 is 5.48 Å². The predicted octanol–water partition coefficient (Wildman–Crippen LogP) is 2.25. The summed E-state index contributed by atoms with van der Waals surface area (Å²) in [5, 5.41) is 1.02. The quantitative estimate of drug-likeness (QED) is 0.875. The molecule has 2 bridgehead atoms. The molecule has 1 unspecified atom stereocenters. The van der Waals surface area contributed by atoms with E-state index in [1.807, 2.05) is 12.1 Å². The first kappa shape index (κ1) is 12.6. The molecule has 6 heterocycles. The summed E-state index contributed by atoms with van der Waals surface area (Å²) in [5.74, 6) is 2.21. The van der Waals surface area contributed by atoms with Gasteiger partial charge >= 0.3 is 0 Å². The van der Waals surface area contributed by atoms with Crippen LogP contribution in [0.25, 0.3) is 11.0 Å². The van der Waals surface area contributed by atoms with E-state index in [0.717, 1.165) is 29.8 Å². The van der Waals surface area contributed by atoms with E-state index in [9.17, 15) is 0 Å². The first-order valence-electron chi connectivity index (χ1n) is 7.88. The van der Waals surface area contributed by atoms with Crippen molar-refractivity contribution in [3.05, 3.63) is 24.6 Å². The van der Waals surface area contributed by atoms with Gasteiger partial charge in [0.15, 0.2) is 11.4 Å². The fourth-order valence-electron chi connectivity index (χ4n) is 4.07. The fourth-order valence-corrected chi connectivity index (χ4v) is 4.07. The first-order chi connectivity index (χ1) is 10.8. The van der Waals surface area contributed by atoms with Gasteiger partial charge in [-0.2, -0.15) is 0 Å². The molecular formula is C16H18N4O2.